The molecule has 1 aliphatic carbocycles. The molecule has 3 rings (SSSR count). The second kappa shape index (κ2) is 13.8. The van der Waals surface area contributed by atoms with Crippen LogP contribution in [0.2, 0.25) is 11.3 Å². The number of benzene rings is 1. The van der Waals surface area contributed by atoms with E-state index in [2.05, 4.69) is 19.6 Å². The Labute approximate surface area is 241 Å². The van der Waals surface area contributed by atoms with E-state index >= 15 is 0 Å². The Kier molecular flexibility index (Phi) is 12.5. The number of aryl methyl sites for hydroxylation is 1. The van der Waals surface area contributed by atoms with Gasteiger partial charge in [0.05, 0.1) is 27.9 Å². The Morgan fingerprint density at radius 2 is 2.09 bits per heavy atom. The fourth-order valence-corrected chi connectivity index (χ4v) is 7.31. The second-order valence-corrected chi connectivity index (χ2v) is 12.2. The predicted octanol–water partition coefficient (Wildman–Crippen LogP) is 5.69. The first-order valence-electron chi connectivity index (χ1n) is 10.8. The van der Waals surface area contributed by atoms with Crippen molar-refractivity contribution in [2.24, 2.45) is 11.3 Å². The molecular weight excluding hydrogens is 568 g/mol. The Bertz CT molecular complexity index is 952. The number of ketones is 1. The summed E-state index contributed by atoms with van der Waals surface area (Å²) in [5.41, 5.74) is -0.0253. The van der Waals surface area contributed by atoms with Crippen LogP contribution in [0.3, 0.4) is 0 Å². The van der Waals surface area contributed by atoms with Gasteiger partial charge in [0.1, 0.15) is 7.28 Å². The SMILES string of the molecule is [CH2-]SCC[B]CS[C@H]1C(=O)C(C)(C)[C@@H](O)[C@@H]1/C=C/C(O)CCc1sc2ccccc2c1Cl.[Y]. The van der Waals surface area contributed by atoms with Gasteiger partial charge >= 0.3 is 0 Å². The zero-order valence-electron chi connectivity index (χ0n) is 19.1. The molecule has 0 bridgehead atoms. The van der Waals surface area contributed by atoms with Gasteiger partial charge in [-0.25, -0.2) is 0 Å². The number of halogens is 1. The minimum Gasteiger partial charge on any atom is -0.391 e. The molecule has 1 unspecified atom stereocenters. The summed E-state index contributed by atoms with van der Waals surface area (Å²) < 4.78 is 1.15. The molecule has 1 aliphatic rings. The van der Waals surface area contributed by atoms with Gasteiger partial charge in [-0.1, -0.05) is 62.1 Å². The Balaban J connectivity index is 0.00000385. The first kappa shape index (κ1) is 29.9. The van der Waals surface area contributed by atoms with Crippen molar-refractivity contribution < 1.29 is 47.7 Å². The predicted molar refractivity (Wildman–Crippen MR) is 143 cm³/mol. The van der Waals surface area contributed by atoms with Crippen LogP contribution >= 0.6 is 46.5 Å². The van der Waals surface area contributed by atoms with E-state index in [1.807, 2.05) is 38.1 Å². The van der Waals surface area contributed by atoms with E-state index in [1.165, 1.54) is 0 Å². The third-order valence-electron chi connectivity index (χ3n) is 6.03. The molecule has 0 amide bonds. The third kappa shape index (κ3) is 7.35. The number of hydrogen-bond donors (Lipinski definition) is 2. The Hall–Kier alpha value is 0.669. The van der Waals surface area contributed by atoms with Crippen LogP contribution in [0.1, 0.15) is 25.1 Å². The molecule has 4 atom stereocenters. The van der Waals surface area contributed by atoms with Gasteiger partial charge in [0.2, 0.25) is 0 Å². The first-order chi connectivity index (χ1) is 15.3. The molecule has 1 fully saturated rings. The van der Waals surface area contributed by atoms with Crippen LogP contribution in [0.4, 0.5) is 0 Å². The first-order valence-corrected chi connectivity index (χ1v) is 14.2. The second-order valence-electron chi connectivity index (χ2n) is 8.67. The van der Waals surface area contributed by atoms with Gasteiger partial charge in [-0.2, -0.15) is 11.8 Å². The number of carbonyl (C=O) groups excluding carboxylic acids is 1. The number of aliphatic hydroxyl groups excluding tert-OH is 2. The van der Waals surface area contributed by atoms with Crippen LogP contribution in [0.25, 0.3) is 10.1 Å². The zero-order chi connectivity index (χ0) is 23.3. The maximum atomic E-state index is 12.9. The van der Waals surface area contributed by atoms with E-state index in [0.717, 1.165) is 37.7 Å². The smallest absolute Gasteiger partial charge is 0.154 e. The van der Waals surface area contributed by atoms with Gasteiger partial charge in [-0.05, 0) is 30.3 Å². The van der Waals surface area contributed by atoms with Crippen molar-refractivity contribution in [2.75, 3.05) is 11.4 Å². The number of thioether (sulfide) groups is 2. The van der Waals surface area contributed by atoms with Crippen molar-refractivity contribution in [1.29, 1.82) is 0 Å². The van der Waals surface area contributed by atoms with E-state index in [1.54, 1.807) is 40.9 Å². The number of fused-ring (bicyclic) bond motifs is 1. The van der Waals surface area contributed by atoms with E-state index in [4.69, 9.17) is 11.6 Å². The van der Waals surface area contributed by atoms with Crippen molar-refractivity contribution in [3.8, 4) is 0 Å². The molecule has 0 aliphatic heterocycles. The zero-order valence-corrected chi connectivity index (χ0v) is 25.1. The molecule has 2 N–H and O–H groups in total. The molecule has 176 valence electrons. The minimum absolute atomic E-state index is 0. The van der Waals surface area contributed by atoms with Gasteiger partial charge in [0.15, 0.2) is 5.78 Å². The minimum atomic E-state index is -0.786. The molecule has 1 heterocycles. The molecule has 1 saturated carbocycles. The molecule has 1 aromatic carbocycles. The molecule has 3 nitrogen and oxygen atoms in total. The Morgan fingerprint density at radius 1 is 1.36 bits per heavy atom. The van der Waals surface area contributed by atoms with Gasteiger partial charge in [0.25, 0.3) is 0 Å². The molecule has 9 heteroatoms. The number of Topliss-reactive ketones (excluding diaryl/α,β-unsaturated/α-hetero) is 1. The van der Waals surface area contributed by atoms with Crippen LogP contribution in [0.15, 0.2) is 36.4 Å². The molecule has 0 saturated heterocycles. The van der Waals surface area contributed by atoms with E-state index in [0.29, 0.717) is 12.8 Å². The van der Waals surface area contributed by atoms with Gasteiger partial charge in [0, 0.05) is 53.6 Å². The molecule has 2 radical (unpaired) electrons. The van der Waals surface area contributed by atoms with Crippen LogP contribution in [-0.4, -0.2) is 52.1 Å². The van der Waals surface area contributed by atoms with E-state index < -0.39 is 17.6 Å². The van der Waals surface area contributed by atoms with Crippen molar-refractivity contribution in [3.05, 3.63) is 52.6 Å². The number of thiophene rings is 1. The summed E-state index contributed by atoms with van der Waals surface area (Å²) in [5, 5.41) is 22.9. The standard InChI is InChI=1S/C24H30BClO3S3.Y/c1-24(2)22(28)17(21(23(24)29)31-14-25-12-13-30-3)10-8-15(27)9-11-19-20(26)16-6-4-5-7-18(16)32-19;/h4-8,10,15,17,21-22,27-28H,3,9,11-14H2,1-2H3;/q-1;/b10-8+;/t15?,17-,21-,22+;/m1./s1. The summed E-state index contributed by atoms with van der Waals surface area (Å²) in [6.45, 7) is 3.62. The topological polar surface area (TPSA) is 57.5 Å². The van der Waals surface area contributed by atoms with Gasteiger partial charge in [-0.15, -0.1) is 11.3 Å². The summed E-state index contributed by atoms with van der Waals surface area (Å²) in [4.78, 5) is 14.0. The number of hydrogen-bond acceptors (Lipinski definition) is 6. The summed E-state index contributed by atoms with van der Waals surface area (Å²) >= 11 is 11.3. The Morgan fingerprint density at radius 3 is 2.79 bits per heavy atom. The average Bonchev–Trinajstić information content (AvgIpc) is 3.18. The molecule has 1 aromatic heterocycles. The molecular formula is C24H30BClO3S3Y-. The summed E-state index contributed by atoms with van der Waals surface area (Å²) in [7, 11) is 2.16. The number of aliphatic hydroxyl groups is 2. The maximum Gasteiger partial charge on any atom is 0.154 e. The molecule has 33 heavy (non-hydrogen) atoms. The normalized spacial score (nSPS) is 23.2. The van der Waals surface area contributed by atoms with Gasteiger partial charge < -0.3 is 22.0 Å². The summed E-state index contributed by atoms with van der Waals surface area (Å²) in [6.07, 6.45) is 8.10. The third-order valence-corrected chi connectivity index (χ3v) is 9.65. The van der Waals surface area contributed by atoms with Crippen molar-refractivity contribution in [3.63, 3.8) is 0 Å². The quantitative estimate of drug-likeness (QED) is 0.151. The van der Waals surface area contributed by atoms with Crippen LogP contribution in [0.5, 0.6) is 0 Å². The van der Waals surface area contributed by atoms with Crippen LogP contribution in [0, 0.1) is 17.6 Å². The van der Waals surface area contributed by atoms with Crippen LogP contribution in [-0.2, 0) is 43.9 Å². The largest absolute Gasteiger partial charge is 0.391 e. The van der Waals surface area contributed by atoms with Crippen molar-refractivity contribution in [1.82, 2.24) is 0 Å². The summed E-state index contributed by atoms with van der Waals surface area (Å²) in [5.74, 6) is 0.740. The van der Waals surface area contributed by atoms with Crippen molar-refractivity contribution in [2.45, 2.75) is 50.5 Å². The van der Waals surface area contributed by atoms with Crippen LogP contribution < -0.4 is 0 Å². The van der Waals surface area contributed by atoms with Gasteiger partial charge in [-0.3, -0.25) is 11.1 Å². The molecule has 2 aromatic rings. The fourth-order valence-electron chi connectivity index (χ4n) is 4.01. The van der Waals surface area contributed by atoms with E-state index in [-0.39, 0.29) is 49.7 Å². The monoisotopic (exact) mass is 597 g/mol. The number of carbonyl (C=O) groups is 1. The number of rotatable bonds is 11. The average molecular weight is 598 g/mol. The summed E-state index contributed by atoms with van der Waals surface area (Å²) in [6, 6.07) is 8.04. The maximum absolute atomic E-state index is 12.9. The van der Waals surface area contributed by atoms with Crippen molar-refractivity contribution >= 4 is 69.6 Å². The van der Waals surface area contributed by atoms with E-state index in [9.17, 15) is 15.0 Å². The fraction of sp³-hybridized carbons (Fsp3) is 0.500. The molecule has 0 spiro atoms.